The molecule has 4 nitrogen and oxygen atoms in total. The van der Waals surface area contributed by atoms with Crippen LogP contribution in [0.5, 0.6) is 17.2 Å². The summed E-state index contributed by atoms with van der Waals surface area (Å²) in [5.74, 6) is 2.91. The largest absolute Gasteiger partial charge is 0.493 e. The Balaban J connectivity index is 0.00000245. The van der Waals surface area contributed by atoms with Gasteiger partial charge in [-0.1, -0.05) is 37.8 Å². The Labute approximate surface area is 196 Å². The molecule has 5 rings (SSSR count). The highest BCUT2D eigenvalue weighted by molar-refractivity contribution is 5.85. The second-order valence-electron chi connectivity index (χ2n) is 9.17. The van der Waals surface area contributed by atoms with Crippen LogP contribution in [0.1, 0.15) is 56.4 Å². The van der Waals surface area contributed by atoms with E-state index in [0.29, 0.717) is 24.5 Å². The zero-order chi connectivity index (χ0) is 21.0. The van der Waals surface area contributed by atoms with Crippen LogP contribution in [-0.4, -0.2) is 37.4 Å². The first kappa shape index (κ1) is 23.2. The molecule has 2 aliphatic heterocycles. The molecule has 0 spiro atoms. The third kappa shape index (κ3) is 5.32. The summed E-state index contributed by atoms with van der Waals surface area (Å²) in [5, 5.41) is 0. The highest BCUT2D eigenvalue weighted by atomic mass is 35.5. The van der Waals surface area contributed by atoms with Gasteiger partial charge in [0.2, 0.25) is 6.79 Å². The van der Waals surface area contributed by atoms with Gasteiger partial charge in [0, 0.05) is 24.6 Å². The maximum Gasteiger partial charge on any atom is 0.231 e. The van der Waals surface area contributed by atoms with Crippen LogP contribution in [0.4, 0.5) is 4.39 Å². The number of piperidine rings is 1. The predicted molar refractivity (Wildman–Crippen MR) is 126 cm³/mol. The lowest BCUT2D eigenvalue weighted by molar-refractivity contribution is 0.0726. The van der Waals surface area contributed by atoms with E-state index in [1.165, 1.54) is 44.1 Å². The molecule has 1 saturated heterocycles. The first-order valence-corrected chi connectivity index (χ1v) is 11.8. The molecule has 2 atom stereocenters. The molecule has 32 heavy (non-hydrogen) atoms. The fraction of sp³-hybridized carbons (Fsp3) is 0.538. The Morgan fingerprint density at radius 1 is 0.906 bits per heavy atom. The monoisotopic (exact) mass is 461 g/mol. The Morgan fingerprint density at radius 3 is 2.44 bits per heavy atom. The summed E-state index contributed by atoms with van der Waals surface area (Å²) in [5.41, 5.74) is 1.22. The molecule has 1 aliphatic carbocycles. The maximum absolute atomic E-state index is 13.5. The van der Waals surface area contributed by atoms with E-state index in [4.69, 9.17) is 14.2 Å². The van der Waals surface area contributed by atoms with Crippen LogP contribution in [0, 0.1) is 11.7 Å². The van der Waals surface area contributed by atoms with E-state index < -0.39 is 0 Å². The number of likely N-dealkylation sites (tertiary alicyclic amines) is 1. The first-order valence-electron chi connectivity index (χ1n) is 11.8. The predicted octanol–water partition coefficient (Wildman–Crippen LogP) is 6.18. The molecular weight excluding hydrogens is 429 g/mol. The van der Waals surface area contributed by atoms with Gasteiger partial charge in [-0.15, -0.1) is 12.4 Å². The molecule has 0 amide bonds. The second kappa shape index (κ2) is 10.8. The van der Waals surface area contributed by atoms with Crippen LogP contribution in [0.2, 0.25) is 0 Å². The molecule has 0 unspecified atom stereocenters. The molecule has 2 fully saturated rings. The number of ether oxygens (including phenoxy) is 3. The van der Waals surface area contributed by atoms with Crippen LogP contribution in [0.15, 0.2) is 42.5 Å². The zero-order valence-corrected chi connectivity index (χ0v) is 19.3. The molecule has 0 radical (unpaired) electrons. The maximum atomic E-state index is 13.5. The lowest BCUT2D eigenvalue weighted by atomic mass is 9.80. The third-order valence-corrected chi connectivity index (χ3v) is 7.21. The van der Waals surface area contributed by atoms with Crippen molar-refractivity contribution in [3.05, 3.63) is 53.8 Å². The van der Waals surface area contributed by atoms with Crippen molar-refractivity contribution in [2.45, 2.75) is 56.9 Å². The molecule has 2 aromatic carbocycles. The Hall–Kier alpha value is -1.98. The first-order chi connectivity index (χ1) is 15.3. The van der Waals surface area contributed by atoms with Crippen LogP contribution in [0.3, 0.4) is 0 Å². The summed E-state index contributed by atoms with van der Waals surface area (Å²) < 4.78 is 30.7. The minimum atomic E-state index is -0.173. The van der Waals surface area contributed by atoms with Crippen LogP contribution >= 0.6 is 12.4 Å². The van der Waals surface area contributed by atoms with Crippen LogP contribution < -0.4 is 14.2 Å². The van der Waals surface area contributed by atoms with Gasteiger partial charge in [-0.05, 0) is 61.6 Å². The molecule has 6 heteroatoms. The summed E-state index contributed by atoms with van der Waals surface area (Å²) in [6, 6.07) is 13.6. The Bertz CT molecular complexity index is 870. The SMILES string of the molecule is Cl.Fc1ccc([C@H]2CCN(C3CCCCCC3)C[C@@H]2COc2ccc3c(c2)OCO3)cc1. The van der Waals surface area contributed by atoms with Crippen LogP contribution in [-0.2, 0) is 0 Å². The topological polar surface area (TPSA) is 30.9 Å². The molecular formula is C26H33ClFNO3. The summed E-state index contributed by atoms with van der Waals surface area (Å²) in [6.07, 6.45) is 9.17. The average molecular weight is 462 g/mol. The van der Waals surface area contributed by atoms with E-state index in [1.54, 1.807) is 12.1 Å². The van der Waals surface area contributed by atoms with Gasteiger partial charge in [0.25, 0.3) is 0 Å². The summed E-state index contributed by atoms with van der Waals surface area (Å²) in [6.45, 7) is 3.07. The Kier molecular flexibility index (Phi) is 7.80. The van der Waals surface area contributed by atoms with E-state index in [-0.39, 0.29) is 25.0 Å². The van der Waals surface area contributed by atoms with Crippen molar-refractivity contribution in [1.82, 2.24) is 4.90 Å². The highest BCUT2D eigenvalue weighted by Crippen LogP contribution is 2.38. The molecule has 174 valence electrons. The molecule has 2 aromatic rings. The van der Waals surface area contributed by atoms with Gasteiger partial charge >= 0.3 is 0 Å². The minimum Gasteiger partial charge on any atom is -0.493 e. The van der Waals surface area contributed by atoms with Crippen molar-refractivity contribution >= 4 is 12.4 Å². The van der Waals surface area contributed by atoms with E-state index >= 15 is 0 Å². The van der Waals surface area contributed by atoms with Crippen molar-refractivity contribution in [1.29, 1.82) is 0 Å². The smallest absolute Gasteiger partial charge is 0.231 e. The second-order valence-corrected chi connectivity index (χ2v) is 9.17. The summed E-state index contributed by atoms with van der Waals surface area (Å²) in [4.78, 5) is 2.71. The highest BCUT2D eigenvalue weighted by Gasteiger charge is 2.34. The quantitative estimate of drug-likeness (QED) is 0.497. The van der Waals surface area contributed by atoms with E-state index in [9.17, 15) is 4.39 Å². The fourth-order valence-corrected chi connectivity index (χ4v) is 5.50. The average Bonchev–Trinajstić information content (AvgIpc) is 3.10. The van der Waals surface area contributed by atoms with Gasteiger partial charge in [-0.2, -0.15) is 0 Å². The minimum absolute atomic E-state index is 0. The van der Waals surface area contributed by atoms with Gasteiger partial charge < -0.3 is 14.2 Å². The number of halogens is 2. The molecule has 3 aliphatic rings. The van der Waals surface area contributed by atoms with E-state index in [0.717, 1.165) is 36.8 Å². The van der Waals surface area contributed by atoms with Gasteiger partial charge in [0.1, 0.15) is 11.6 Å². The summed E-state index contributed by atoms with van der Waals surface area (Å²) in [7, 11) is 0. The molecule has 1 saturated carbocycles. The lowest BCUT2D eigenvalue weighted by Gasteiger charge is -2.42. The molecule has 0 aromatic heterocycles. The van der Waals surface area contributed by atoms with Crippen molar-refractivity contribution < 1.29 is 18.6 Å². The number of benzene rings is 2. The fourth-order valence-electron chi connectivity index (χ4n) is 5.50. The van der Waals surface area contributed by atoms with Crippen LogP contribution in [0.25, 0.3) is 0 Å². The normalized spacial score (nSPS) is 23.9. The van der Waals surface area contributed by atoms with Crippen molar-refractivity contribution in [3.8, 4) is 17.2 Å². The molecule has 0 bridgehead atoms. The number of nitrogens with zero attached hydrogens (tertiary/aromatic N) is 1. The van der Waals surface area contributed by atoms with Gasteiger partial charge in [-0.3, -0.25) is 4.90 Å². The number of hydrogen-bond acceptors (Lipinski definition) is 4. The van der Waals surface area contributed by atoms with Gasteiger partial charge in [-0.25, -0.2) is 4.39 Å². The zero-order valence-electron chi connectivity index (χ0n) is 18.5. The number of fused-ring (bicyclic) bond motifs is 1. The Morgan fingerprint density at radius 2 is 1.66 bits per heavy atom. The van der Waals surface area contributed by atoms with Gasteiger partial charge in [0.05, 0.1) is 6.61 Å². The van der Waals surface area contributed by atoms with Crippen molar-refractivity contribution in [2.75, 3.05) is 26.5 Å². The number of rotatable bonds is 5. The van der Waals surface area contributed by atoms with E-state index in [2.05, 4.69) is 4.90 Å². The lowest BCUT2D eigenvalue weighted by Crippen LogP contribution is -2.46. The molecule has 2 heterocycles. The summed E-state index contributed by atoms with van der Waals surface area (Å²) >= 11 is 0. The molecule has 0 N–H and O–H groups in total. The van der Waals surface area contributed by atoms with Gasteiger partial charge in [0.15, 0.2) is 11.5 Å². The standard InChI is InChI=1S/C26H32FNO3.ClH/c27-21-9-7-19(8-10-21)24-13-14-28(22-5-3-1-2-4-6-22)16-20(24)17-29-23-11-12-25-26(15-23)31-18-30-25;/h7-12,15,20,22,24H,1-6,13-14,16-18H2;1H/t20-,24-;/m1./s1. The van der Waals surface area contributed by atoms with E-state index in [1.807, 2.05) is 30.3 Å². The number of hydrogen-bond donors (Lipinski definition) is 0. The van der Waals surface area contributed by atoms with Crippen molar-refractivity contribution in [3.63, 3.8) is 0 Å². The third-order valence-electron chi connectivity index (χ3n) is 7.21. The van der Waals surface area contributed by atoms with Crippen molar-refractivity contribution in [2.24, 2.45) is 5.92 Å².